The number of fused-ring (bicyclic) bond motifs is 1. The van der Waals surface area contributed by atoms with Crippen LogP contribution in [-0.2, 0) is 9.53 Å². The van der Waals surface area contributed by atoms with Gasteiger partial charge in [-0.2, -0.15) is 0 Å². The number of carbonyl (C=O) groups is 1. The van der Waals surface area contributed by atoms with Gasteiger partial charge in [0.15, 0.2) is 6.10 Å². The van der Waals surface area contributed by atoms with Gasteiger partial charge in [0.25, 0.3) is 11.5 Å². The van der Waals surface area contributed by atoms with Crippen molar-refractivity contribution >= 4 is 16.7 Å². The number of nitrogens with zero attached hydrogens (tertiary/aromatic N) is 1. The maximum Gasteiger partial charge on any atom is 0.263 e. The van der Waals surface area contributed by atoms with E-state index in [1.807, 2.05) is 0 Å². The van der Waals surface area contributed by atoms with E-state index < -0.39 is 19.0 Å². The highest BCUT2D eigenvalue weighted by Crippen LogP contribution is 2.30. The van der Waals surface area contributed by atoms with Crippen molar-refractivity contribution in [1.82, 2.24) is 9.88 Å². The molecule has 1 fully saturated rings. The zero-order chi connectivity index (χ0) is 24.5. The van der Waals surface area contributed by atoms with E-state index in [-0.39, 0.29) is 30.2 Å². The number of H-pyrrole nitrogens is 1. The Morgan fingerprint density at radius 2 is 2.16 bits per heavy atom. The molecule has 2 aromatic carbocycles. The number of morpholine rings is 1. The van der Waals surface area contributed by atoms with Crippen LogP contribution < -0.4 is 10.3 Å². The van der Waals surface area contributed by atoms with E-state index in [0.29, 0.717) is 40.8 Å². The smallest absolute Gasteiger partial charge is 0.263 e. The number of hydrogen-bond acceptors (Lipinski definition) is 5. The van der Waals surface area contributed by atoms with Gasteiger partial charge in [-0.3, -0.25) is 9.59 Å². The van der Waals surface area contributed by atoms with Crippen LogP contribution in [0.5, 0.6) is 5.75 Å². The van der Waals surface area contributed by atoms with Crippen molar-refractivity contribution in [2.45, 2.75) is 25.9 Å². The minimum absolute atomic E-state index is 0.187. The third kappa shape index (κ3) is 4.19. The molecule has 1 aromatic heterocycles. The van der Waals surface area contributed by atoms with Gasteiger partial charge in [0.2, 0.25) is 0 Å². The van der Waals surface area contributed by atoms with E-state index in [0.717, 1.165) is 0 Å². The molecule has 2 atom stereocenters. The van der Waals surface area contributed by atoms with E-state index in [1.54, 1.807) is 54.3 Å². The number of benzene rings is 2. The second-order valence-electron chi connectivity index (χ2n) is 7.49. The van der Waals surface area contributed by atoms with Crippen molar-refractivity contribution in [3.63, 3.8) is 0 Å². The first-order valence-electron chi connectivity index (χ1n) is 11.6. The molecule has 0 aliphatic carbocycles. The van der Waals surface area contributed by atoms with E-state index >= 15 is 0 Å². The molecule has 0 unspecified atom stereocenters. The Morgan fingerprint density at radius 3 is 2.97 bits per heavy atom. The standard InChI is InChI=1S/C24H26N2O5/c1-15-5-3-4-6-19(15)22-12-25-23(28)21-11-18(7-8-20(21)22)31-16(2)24(29)26-9-10-30-14-17(26)13-27/h3-8,11-12,16-17,27H,9-10,13-14H2,1-2H3,(H,25,28)/t16-,17+/m1/s1/i1D3. The van der Waals surface area contributed by atoms with E-state index in [1.165, 1.54) is 6.20 Å². The lowest BCUT2D eigenvalue weighted by Gasteiger charge is -2.35. The molecule has 1 aliphatic heterocycles. The van der Waals surface area contributed by atoms with Gasteiger partial charge in [0.05, 0.1) is 31.2 Å². The molecule has 7 nitrogen and oxygen atoms in total. The van der Waals surface area contributed by atoms with E-state index in [2.05, 4.69) is 4.98 Å². The fraction of sp³-hybridized carbons (Fsp3) is 0.333. The lowest BCUT2D eigenvalue weighted by atomic mass is 9.97. The van der Waals surface area contributed by atoms with E-state index in [4.69, 9.17) is 13.6 Å². The van der Waals surface area contributed by atoms with Gasteiger partial charge in [0.1, 0.15) is 5.75 Å². The summed E-state index contributed by atoms with van der Waals surface area (Å²) in [5.41, 5.74) is 0.911. The maximum absolute atomic E-state index is 12.9. The molecule has 2 N–H and O–H groups in total. The summed E-state index contributed by atoms with van der Waals surface area (Å²) >= 11 is 0. The number of carbonyl (C=O) groups excluding carboxylic acids is 1. The van der Waals surface area contributed by atoms with Crippen LogP contribution in [0.4, 0.5) is 0 Å². The number of aromatic nitrogens is 1. The minimum atomic E-state index is -2.32. The first-order valence-corrected chi connectivity index (χ1v) is 10.1. The van der Waals surface area contributed by atoms with Crippen LogP contribution in [-0.4, -0.2) is 59.4 Å². The number of amides is 1. The Labute approximate surface area is 184 Å². The number of hydrogen-bond donors (Lipinski definition) is 2. The molecule has 0 bridgehead atoms. The average Bonchev–Trinajstić information content (AvgIpc) is 2.83. The SMILES string of the molecule is [2H]C([2H])([2H])c1ccccc1-c1c[nH]c(=O)c2cc(O[C@H](C)C(=O)N3CCOC[C@@H]3CO)ccc12. The highest BCUT2D eigenvalue weighted by Gasteiger charge is 2.30. The molecule has 1 saturated heterocycles. The monoisotopic (exact) mass is 425 g/mol. The quantitative estimate of drug-likeness (QED) is 0.655. The molecule has 3 aromatic rings. The molecule has 0 spiro atoms. The Balaban J connectivity index is 1.67. The summed E-state index contributed by atoms with van der Waals surface area (Å²) in [7, 11) is 0. The molecule has 162 valence electrons. The summed E-state index contributed by atoms with van der Waals surface area (Å²) in [4.78, 5) is 29.7. The molecule has 0 saturated carbocycles. The van der Waals surface area contributed by atoms with Crippen LogP contribution >= 0.6 is 0 Å². The van der Waals surface area contributed by atoms with Crippen LogP contribution in [0.25, 0.3) is 21.9 Å². The third-order valence-electron chi connectivity index (χ3n) is 5.47. The van der Waals surface area contributed by atoms with Crippen molar-refractivity contribution in [1.29, 1.82) is 0 Å². The van der Waals surface area contributed by atoms with Crippen LogP contribution in [0.15, 0.2) is 53.5 Å². The van der Waals surface area contributed by atoms with Gasteiger partial charge in [-0.15, -0.1) is 0 Å². The van der Waals surface area contributed by atoms with Crippen LogP contribution in [0.1, 0.15) is 16.6 Å². The van der Waals surface area contributed by atoms with Crippen molar-refractivity contribution in [2.75, 3.05) is 26.4 Å². The largest absolute Gasteiger partial charge is 0.481 e. The number of aliphatic hydroxyl groups excluding tert-OH is 1. The molecule has 31 heavy (non-hydrogen) atoms. The topological polar surface area (TPSA) is 91.9 Å². The normalized spacial score (nSPS) is 19.4. The van der Waals surface area contributed by atoms with Crippen LogP contribution in [0.2, 0.25) is 0 Å². The summed E-state index contributed by atoms with van der Waals surface area (Å²) in [5.74, 6) is 0.0469. The van der Waals surface area contributed by atoms with Crippen molar-refractivity contribution < 1.29 is 23.5 Å². The predicted octanol–water partition coefficient (Wildman–Crippen LogP) is 2.49. The molecule has 1 aliphatic rings. The van der Waals surface area contributed by atoms with Gasteiger partial charge < -0.3 is 24.5 Å². The van der Waals surface area contributed by atoms with Crippen molar-refractivity contribution in [2.24, 2.45) is 0 Å². The Morgan fingerprint density at radius 1 is 1.32 bits per heavy atom. The second kappa shape index (κ2) is 8.91. The molecule has 4 rings (SSSR count). The van der Waals surface area contributed by atoms with Gasteiger partial charge in [-0.25, -0.2) is 0 Å². The lowest BCUT2D eigenvalue weighted by Crippen LogP contribution is -2.54. The van der Waals surface area contributed by atoms with Crippen molar-refractivity contribution in [3.05, 3.63) is 64.6 Å². The van der Waals surface area contributed by atoms with Crippen molar-refractivity contribution in [3.8, 4) is 16.9 Å². The Hall–Kier alpha value is -3.16. The number of pyridine rings is 1. The summed E-state index contributed by atoms with van der Waals surface area (Å²) in [6.07, 6.45) is 0.665. The number of rotatable bonds is 5. The molecular formula is C24H26N2O5. The Bertz CT molecular complexity index is 1260. The third-order valence-corrected chi connectivity index (χ3v) is 5.47. The van der Waals surface area contributed by atoms with Gasteiger partial charge in [-0.05, 0) is 48.5 Å². The summed E-state index contributed by atoms with van der Waals surface area (Å²) in [5, 5.41) is 10.4. The number of nitrogens with one attached hydrogen (secondary N) is 1. The molecule has 1 amide bonds. The van der Waals surface area contributed by atoms with Crippen LogP contribution in [0.3, 0.4) is 0 Å². The van der Waals surface area contributed by atoms with Gasteiger partial charge >= 0.3 is 0 Å². The number of ether oxygens (including phenoxy) is 2. The molecule has 7 heteroatoms. The van der Waals surface area contributed by atoms with Gasteiger partial charge in [-0.1, -0.05) is 24.3 Å². The predicted molar refractivity (Wildman–Crippen MR) is 118 cm³/mol. The number of aliphatic hydroxyl groups is 1. The first-order chi connectivity index (χ1) is 16.2. The lowest BCUT2D eigenvalue weighted by molar-refractivity contribution is -0.148. The second-order valence-corrected chi connectivity index (χ2v) is 7.49. The number of aromatic amines is 1. The number of aryl methyl sites for hydroxylation is 1. The summed E-state index contributed by atoms with van der Waals surface area (Å²) < 4.78 is 34.8. The maximum atomic E-state index is 12.9. The van der Waals surface area contributed by atoms with Gasteiger partial charge in [0, 0.05) is 22.4 Å². The summed E-state index contributed by atoms with van der Waals surface area (Å²) in [6.45, 7) is 0.112. The first kappa shape index (κ1) is 17.5. The zero-order valence-electron chi connectivity index (χ0n) is 20.1. The minimum Gasteiger partial charge on any atom is -0.481 e. The molecule has 2 heterocycles. The van der Waals surface area contributed by atoms with Crippen LogP contribution in [0, 0.1) is 6.85 Å². The summed E-state index contributed by atoms with van der Waals surface area (Å²) in [6, 6.07) is 11.1. The molecular weight excluding hydrogens is 396 g/mol. The highest BCUT2D eigenvalue weighted by molar-refractivity contribution is 5.97. The Kier molecular flexibility index (Phi) is 5.04. The highest BCUT2D eigenvalue weighted by atomic mass is 16.5. The average molecular weight is 425 g/mol. The fourth-order valence-corrected chi connectivity index (χ4v) is 3.84. The molecule has 0 radical (unpaired) electrons. The zero-order valence-corrected chi connectivity index (χ0v) is 17.1. The van der Waals surface area contributed by atoms with E-state index in [9.17, 15) is 14.7 Å². The fourth-order valence-electron chi connectivity index (χ4n) is 3.84.